The van der Waals surface area contributed by atoms with Gasteiger partial charge in [-0.25, -0.2) is 15.0 Å². The number of methoxy groups -OCH3 is 1. The molecule has 3 heterocycles. The first-order chi connectivity index (χ1) is 10.2. The molecule has 0 saturated carbocycles. The van der Waals surface area contributed by atoms with Gasteiger partial charge in [0, 0.05) is 29.5 Å². The van der Waals surface area contributed by atoms with E-state index in [4.69, 9.17) is 4.74 Å². The molecule has 3 aromatic heterocycles. The van der Waals surface area contributed by atoms with E-state index in [9.17, 15) is 0 Å². The summed E-state index contributed by atoms with van der Waals surface area (Å²) in [6, 6.07) is 5.50. The van der Waals surface area contributed by atoms with Crippen molar-refractivity contribution in [2.45, 2.75) is 6.92 Å². The quantitative estimate of drug-likeness (QED) is 0.798. The molecule has 7 heteroatoms. The van der Waals surface area contributed by atoms with Gasteiger partial charge in [-0.1, -0.05) is 0 Å². The van der Waals surface area contributed by atoms with E-state index in [1.165, 1.54) is 11.3 Å². The van der Waals surface area contributed by atoms with E-state index in [2.05, 4.69) is 25.3 Å². The maximum absolute atomic E-state index is 5.19. The first kappa shape index (κ1) is 13.4. The van der Waals surface area contributed by atoms with Crippen LogP contribution in [0.2, 0.25) is 0 Å². The highest BCUT2D eigenvalue weighted by Gasteiger charge is 2.08. The molecule has 0 radical (unpaired) electrons. The third-order valence-electron chi connectivity index (χ3n) is 2.75. The largest absolute Gasteiger partial charge is 0.497 e. The molecule has 3 rings (SSSR count). The van der Waals surface area contributed by atoms with Crippen LogP contribution >= 0.6 is 11.3 Å². The highest BCUT2D eigenvalue weighted by Crippen LogP contribution is 2.26. The van der Waals surface area contributed by atoms with Crippen LogP contribution in [0, 0.1) is 6.92 Å². The number of aryl methyl sites for hydroxylation is 1. The zero-order chi connectivity index (χ0) is 14.7. The Kier molecular flexibility index (Phi) is 3.74. The molecule has 21 heavy (non-hydrogen) atoms. The van der Waals surface area contributed by atoms with Crippen molar-refractivity contribution in [2.75, 3.05) is 12.4 Å². The third kappa shape index (κ3) is 3.14. The molecule has 0 atom stereocenters. The lowest BCUT2D eigenvalue weighted by molar-refractivity contribution is 0.414. The van der Waals surface area contributed by atoms with Crippen molar-refractivity contribution in [2.24, 2.45) is 0 Å². The topological polar surface area (TPSA) is 72.8 Å². The highest BCUT2D eigenvalue weighted by molar-refractivity contribution is 7.14. The average Bonchev–Trinajstić information content (AvgIpc) is 2.96. The van der Waals surface area contributed by atoms with E-state index in [1.54, 1.807) is 25.6 Å². The first-order valence-electron chi connectivity index (χ1n) is 6.27. The van der Waals surface area contributed by atoms with Gasteiger partial charge in [0.05, 0.1) is 12.8 Å². The molecular weight excluding hydrogens is 286 g/mol. The maximum Gasteiger partial charge on any atom is 0.229 e. The number of hydrogen-bond donors (Lipinski definition) is 1. The fraction of sp³-hybridized carbons (Fsp3) is 0.143. The Bertz CT molecular complexity index is 758. The van der Waals surface area contributed by atoms with E-state index in [1.807, 2.05) is 24.4 Å². The number of rotatable bonds is 4. The summed E-state index contributed by atoms with van der Waals surface area (Å²) in [6.45, 7) is 1.92. The van der Waals surface area contributed by atoms with Crippen molar-refractivity contribution < 1.29 is 4.74 Å². The van der Waals surface area contributed by atoms with Gasteiger partial charge in [-0.15, -0.1) is 11.3 Å². The summed E-state index contributed by atoms with van der Waals surface area (Å²) in [4.78, 5) is 17.2. The zero-order valence-electron chi connectivity index (χ0n) is 11.6. The Morgan fingerprint density at radius 1 is 1.10 bits per heavy atom. The normalized spacial score (nSPS) is 10.4. The standard InChI is InChI=1S/C14H13N5OS/c1-9-3-5-16-13(17-9)19-14-18-12(8-21-14)11-7-10(20-2)4-6-15-11/h3-8H,1-2H3,(H,16,17,18,19). The molecule has 0 fully saturated rings. The molecule has 0 aliphatic heterocycles. The number of ether oxygens (including phenoxy) is 1. The molecular formula is C14H13N5OS. The van der Waals surface area contributed by atoms with Crippen LogP contribution in [-0.4, -0.2) is 27.0 Å². The molecule has 0 spiro atoms. The number of thiazole rings is 1. The Labute approximate surface area is 125 Å². The second-order valence-electron chi connectivity index (χ2n) is 4.27. The Morgan fingerprint density at radius 3 is 2.76 bits per heavy atom. The fourth-order valence-corrected chi connectivity index (χ4v) is 2.43. The van der Waals surface area contributed by atoms with Gasteiger partial charge in [0.15, 0.2) is 5.13 Å². The van der Waals surface area contributed by atoms with Gasteiger partial charge in [0.1, 0.15) is 11.4 Å². The number of aromatic nitrogens is 4. The SMILES string of the molecule is COc1ccnc(-c2csc(Nc3nccc(C)n3)n2)c1. The second kappa shape index (κ2) is 5.84. The number of hydrogen-bond acceptors (Lipinski definition) is 7. The molecule has 1 N–H and O–H groups in total. The number of nitrogens with one attached hydrogen (secondary N) is 1. The van der Waals surface area contributed by atoms with Crippen LogP contribution in [0.25, 0.3) is 11.4 Å². The minimum atomic E-state index is 0.537. The predicted molar refractivity (Wildman–Crippen MR) is 81.9 cm³/mol. The van der Waals surface area contributed by atoms with Crippen molar-refractivity contribution in [1.29, 1.82) is 0 Å². The molecule has 3 aromatic rings. The number of anilines is 2. The van der Waals surface area contributed by atoms with Gasteiger partial charge in [-0.2, -0.15) is 0 Å². The highest BCUT2D eigenvalue weighted by atomic mass is 32.1. The van der Waals surface area contributed by atoms with Gasteiger partial charge >= 0.3 is 0 Å². The van der Waals surface area contributed by atoms with Gasteiger partial charge in [0.2, 0.25) is 5.95 Å². The summed E-state index contributed by atoms with van der Waals surface area (Å²) >= 11 is 1.48. The molecule has 0 aliphatic rings. The van der Waals surface area contributed by atoms with Crippen LogP contribution in [0.3, 0.4) is 0 Å². The predicted octanol–water partition coefficient (Wildman–Crippen LogP) is 3.06. The van der Waals surface area contributed by atoms with Crippen molar-refractivity contribution in [3.63, 3.8) is 0 Å². The van der Waals surface area contributed by atoms with E-state index in [0.717, 1.165) is 28.0 Å². The molecule has 0 saturated heterocycles. The third-order valence-corrected chi connectivity index (χ3v) is 3.50. The second-order valence-corrected chi connectivity index (χ2v) is 5.12. The molecule has 106 valence electrons. The summed E-state index contributed by atoms with van der Waals surface area (Å²) in [7, 11) is 1.63. The lowest BCUT2D eigenvalue weighted by atomic mass is 10.3. The summed E-state index contributed by atoms with van der Waals surface area (Å²) in [5, 5.41) is 5.74. The van der Waals surface area contributed by atoms with Crippen LogP contribution in [0.15, 0.2) is 36.0 Å². The smallest absolute Gasteiger partial charge is 0.229 e. The molecule has 0 amide bonds. The van der Waals surface area contributed by atoms with Crippen molar-refractivity contribution in [1.82, 2.24) is 19.9 Å². The van der Waals surface area contributed by atoms with E-state index < -0.39 is 0 Å². The summed E-state index contributed by atoms with van der Waals surface area (Å²) in [5.41, 5.74) is 2.46. The summed E-state index contributed by atoms with van der Waals surface area (Å²) < 4.78 is 5.19. The maximum atomic E-state index is 5.19. The van der Waals surface area contributed by atoms with Crippen LogP contribution in [-0.2, 0) is 0 Å². The minimum absolute atomic E-state index is 0.537. The van der Waals surface area contributed by atoms with Crippen molar-refractivity contribution in [3.05, 3.63) is 41.7 Å². The van der Waals surface area contributed by atoms with E-state index >= 15 is 0 Å². The lowest BCUT2D eigenvalue weighted by Gasteiger charge is -2.01. The Morgan fingerprint density at radius 2 is 1.95 bits per heavy atom. The Balaban J connectivity index is 1.82. The van der Waals surface area contributed by atoms with Gasteiger partial charge < -0.3 is 10.1 Å². The van der Waals surface area contributed by atoms with E-state index in [0.29, 0.717) is 5.95 Å². The van der Waals surface area contributed by atoms with Crippen LogP contribution in [0.5, 0.6) is 5.75 Å². The number of pyridine rings is 1. The Hall–Kier alpha value is -2.54. The van der Waals surface area contributed by atoms with Crippen molar-refractivity contribution in [3.8, 4) is 17.1 Å². The molecule has 0 aromatic carbocycles. The number of nitrogens with zero attached hydrogens (tertiary/aromatic N) is 4. The summed E-state index contributed by atoms with van der Waals surface area (Å²) in [6.07, 6.45) is 3.41. The zero-order valence-corrected chi connectivity index (χ0v) is 12.4. The van der Waals surface area contributed by atoms with Gasteiger partial charge in [-0.3, -0.25) is 4.98 Å². The summed E-state index contributed by atoms with van der Waals surface area (Å²) in [5.74, 6) is 1.29. The monoisotopic (exact) mass is 299 g/mol. The van der Waals surface area contributed by atoms with Crippen LogP contribution in [0.4, 0.5) is 11.1 Å². The first-order valence-corrected chi connectivity index (χ1v) is 7.15. The van der Waals surface area contributed by atoms with Crippen LogP contribution in [0.1, 0.15) is 5.69 Å². The fourth-order valence-electron chi connectivity index (χ4n) is 1.73. The molecule has 0 aliphatic carbocycles. The lowest BCUT2D eigenvalue weighted by Crippen LogP contribution is -1.97. The molecule has 0 unspecified atom stereocenters. The van der Waals surface area contributed by atoms with Crippen molar-refractivity contribution >= 4 is 22.4 Å². The van der Waals surface area contributed by atoms with Gasteiger partial charge in [0.25, 0.3) is 0 Å². The van der Waals surface area contributed by atoms with E-state index in [-0.39, 0.29) is 0 Å². The van der Waals surface area contributed by atoms with Crippen LogP contribution < -0.4 is 10.1 Å². The average molecular weight is 299 g/mol. The van der Waals surface area contributed by atoms with Gasteiger partial charge in [-0.05, 0) is 19.1 Å². The molecule has 0 bridgehead atoms. The molecule has 6 nitrogen and oxygen atoms in total. The minimum Gasteiger partial charge on any atom is -0.497 e.